The number of nitrogens with zero attached hydrogens (tertiary/aromatic N) is 1. The van der Waals surface area contributed by atoms with Crippen LogP contribution in [0.5, 0.6) is 11.5 Å². The second-order valence-electron chi connectivity index (χ2n) is 3.77. The quantitative estimate of drug-likeness (QED) is 0.935. The molecule has 0 saturated heterocycles. The highest BCUT2D eigenvalue weighted by Gasteiger charge is 2.34. The Morgan fingerprint density at radius 2 is 1.85 bits per heavy atom. The van der Waals surface area contributed by atoms with Gasteiger partial charge in [0.2, 0.25) is 0 Å². The van der Waals surface area contributed by atoms with Gasteiger partial charge in [0, 0.05) is 6.20 Å². The number of para-hydroxylation sites is 1. The van der Waals surface area contributed by atoms with Gasteiger partial charge < -0.3 is 9.84 Å². The van der Waals surface area contributed by atoms with Gasteiger partial charge in [-0.2, -0.15) is 13.2 Å². The fourth-order valence-corrected chi connectivity index (χ4v) is 1.55. The average Bonchev–Trinajstić information content (AvgIpc) is 2.38. The first kappa shape index (κ1) is 13.9. The van der Waals surface area contributed by atoms with Crippen molar-refractivity contribution in [1.82, 2.24) is 4.98 Å². The predicted molar refractivity (Wildman–Crippen MR) is 62.7 cm³/mol. The van der Waals surface area contributed by atoms with E-state index >= 15 is 0 Å². The van der Waals surface area contributed by atoms with Gasteiger partial charge in [0.15, 0.2) is 5.75 Å². The summed E-state index contributed by atoms with van der Waals surface area (Å²) in [4.78, 5) is 14.6. The van der Waals surface area contributed by atoms with Crippen molar-refractivity contribution in [3.8, 4) is 11.5 Å². The van der Waals surface area contributed by atoms with E-state index in [1.54, 1.807) is 0 Å². The van der Waals surface area contributed by atoms with Crippen LogP contribution in [0.15, 0.2) is 42.7 Å². The molecular weight excluding hydrogens is 275 g/mol. The van der Waals surface area contributed by atoms with Gasteiger partial charge in [0.1, 0.15) is 11.3 Å². The zero-order valence-corrected chi connectivity index (χ0v) is 9.89. The molecule has 0 bridgehead atoms. The number of alkyl halides is 3. The third kappa shape index (κ3) is 2.87. The Kier molecular flexibility index (Phi) is 3.60. The number of aromatic nitrogens is 1. The molecule has 0 aliphatic carbocycles. The highest BCUT2D eigenvalue weighted by Crippen LogP contribution is 2.38. The standard InChI is InChI=1S/C13H8F3NO3/c14-13(15,16)9-3-1-2-4-10(9)20-11-7-17-6-5-8(11)12(18)19/h1-7H,(H,18,19). The number of benzene rings is 1. The van der Waals surface area contributed by atoms with E-state index < -0.39 is 23.5 Å². The second-order valence-corrected chi connectivity index (χ2v) is 3.77. The van der Waals surface area contributed by atoms with Gasteiger partial charge in [-0.3, -0.25) is 4.98 Å². The Labute approximate surface area is 111 Å². The largest absolute Gasteiger partial charge is 0.478 e. The zero-order valence-electron chi connectivity index (χ0n) is 9.89. The van der Waals surface area contributed by atoms with E-state index in [-0.39, 0.29) is 11.3 Å². The van der Waals surface area contributed by atoms with Crippen molar-refractivity contribution in [3.05, 3.63) is 53.9 Å². The molecule has 20 heavy (non-hydrogen) atoms. The molecule has 1 heterocycles. The molecule has 104 valence electrons. The third-order valence-electron chi connectivity index (χ3n) is 2.43. The molecule has 7 heteroatoms. The van der Waals surface area contributed by atoms with E-state index in [9.17, 15) is 18.0 Å². The number of carboxylic acid groups (broad SMARTS) is 1. The lowest BCUT2D eigenvalue weighted by Gasteiger charge is -2.14. The molecule has 0 aliphatic rings. The van der Waals surface area contributed by atoms with Crippen molar-refractivity contribution in [3.63, 3.8) is 0 Å². The molecule has 2 rings (SSSR count). The summed E-state index contributed by atoms with van der Waals surface area (Å²) in [5, 5.41) is 8.94. The SMILES string of the molecule is O=C(O)c1ccncc1Oc1ccccc1C(F)(F)F. The first-order valence-corrected chi connectivity index (χ1v) is 5.41. The van der Waals surface area contributed by atoms with E-state index in [4.69, 9.17) is 9.84 Å². The van der Waals surface area contributed by atoms with Crippen LogP contribution in [-0.4, -0.2) is 16.1 Å². The lowest BCUT2D eigenvalue weighted by molar-refractivity contribution is -0.138. The van der Waals surface area contributed by atoms with Gasteiger partial charge in [-0.05, 0) is 18.2 Å². The van der Waals surface area contributed by atoms with Crippen LogP contribution in [0.25, 0.3) is 0 Å². The topological polar surface area (TPSA) is 59.4 Å². The van der Waals surface area contributed by atoms with E-state index in [0.29, 0.717) is 0 Å². The summed E-state index contributed by atoms with van der Waals surface area (Å²) in [5.41, 5.74) is -1.25. The minimum Gasteiger partial charge on any atom is -0.478 e. The molecule has 0 radical (unpaired) electrons. The second kappa shape index (κ2) is 5.20. The van der Waals surface area contributed by atoms with Crippen LogP contribution in [0.2, 0.25) is 0 Å². The Morgan fingerprint density at radius 1 is 1.15 bits per heavy atom. The van der Waals surface area contributed by atoms with Gasteiger partial charge in [-0.1, -0.05) is 12.1 Å². The molecule has 0 saturated carbocycles. The number of carboxylic acids is 1. The fourth-order valence-electron chi connectivity index (χ4n) is 1.55. The van der Waals surface area contributed by atoms with Gasteiger partial charge in [0.25, 0.3) is 0 Å². The van der Waals surface area contributed by atoms with Crippen LogP contribution in [0.3, 0.4) is 0 Å². The third-order valence-corrected chi connectivity index (χ3v) is 2.43. The molecule has 4 nitrogen and oxygen atoms in total. The Bertz CT molecular complexity index is 641. The minimum absolute atomic E-state index is 0.253. The van der Waals surface area contributed by atoms with Gasteiger partial charge in [-0.15, -0.1) is 0 Å². The maximum atomic E-state index is 12.8. The lowest BCUT2D eigenvalue weighted by atomic mass is 10.2. The number of halogens is 3. The molecule has 1 aromatic heterocycles. The van der Waals surface area contributed by atoms with E-state index in [1.165, 1.54) is 18.3 Å². The van der Waals surface area contributed by atoms with Crippen LogP contribution < -0.4 is 4.74 Å². The summed E-state index contributed by atoms with van der Waals surface area (Å²) in [6, 6.07) is 5.69. The van der Waals surface area contributed by atoms with Crippen LogP contribution in [0.1, 0.15) is 15.9 Å². The van der Waals surface area contributed by atoms with E-state index in [2.05, 4.69) is 4.98 Å². The Balaban J connectivity index is 2.44. The first-order valence-electron chi connectivity index (χ1n) is 5.41. The molecule has 2 aromatic rings. The predicted octanol–water partition coefficient (Wildman–Crippen LogP) is 3.59. The van der Waals surface area contributed by atoms with Crippen molar-refractivity contribution >= 4 is 5.97 Å². The fraction of sp³-hybridized carbons (Fsp3) is 0.0769. The first-order chi connectivity index (χ1) is 9.39. The summed E-state index contributed by atoms with van der Waals surface area (Å²) >= 11 is 0. The molecule has 0 spiro atoms. The van der Waals surface area contributed by atoms with Gasteiger partial charge in [-0.25, -0.2) is 4.79 Å². The molecular formula is C13H8F3NO3. The molecule has 0 fully saturated rings. The number of carbonyl (C=O) groups is 1. The molecule has 0 aliphatic heterocycles. The van der Waals surface area contributed by atoms with E-state index in [1.807, 2.05) is 0 Å². The van der Waals surface area contributed by atoms with Crippen LogP contribution in [0, 0.1) is 0 Å². The highest BCUT2D eigenvalue weighted by atomic mass is 19.4. The maximum absolute atomic E-state index is 12.8. The average molecular weight is 283 g/mol. The number of rotatable bonds is 3. The van der Waals surface area contributed by atoms with Gasteiger partial charge in [0.05, 0.1) is 11.8 Å². The number of ether oxygens (including phenoxy) is 1. The van der Waals surface area contributed by atoms with Crippen molar-refractivity contribution in [2.45, 2.75) is 6.18 Å². The molecule has 1 aromatic carbocycles. The summed E-state index contributed by atoms with van der Waals surface area (Å²) in [6.45, 7) is 0. The highest BCUT2D eigenvalue weighted by molar-refractivity contribution is 5.90. The number of pyridine rings is 1. The number of hydrogen-bond acceptors (Lipinski definition) is 3. The summed E-state index contributed by atoms with van der Waals surface area (Å²) < 4.78 is 43.5. The Morgan fingerprint density at radius 3 is 2.50 bits per heavy atom. The smallest absolute Gasteiger partial charge is 0.419 e. The van der Waals surface area contributed by atoms with Crippen LogP contribution in [-0.2, 0) is 6.18 Å². The summed E-state index contributed by atoms with van der Waals surface area (Å²) in [6.07, 6.45) is -2.33. The van der Waals surface area contributed by atoms with Gasteiger partial charge >= 0.3 is 12.1 Å². The molecule has 0 amide bonds. The maximum Gasteiger partial charge on any atom is 0.419 e. The van der Waals surface area contributed by atoms with Crippen molar-refractivity contribution in [2.24, 2.45) is 0 Å². The van der Waals surface area contributed by atoms with Crippen molar-refractivity contribution in [2.75, 3.05) is 0 Å². The number of hydrogen-bond donors (Lipinski definition) is 1. The summed E-state index contributed by atoms with van der Waals surface area (Å²) in [5.74, 6) is -2.04. The van der Waals surface area contributed by atoms with Crippen molar-refractivity contribution in [1.29, 1.82) is 0 Å². The Hall–Kier alpha value is -2.57. The zero-order chi connectivity index (χ0) is 14.8. The molecule has 0 unspecified atom stereocenters. The summed E-state index contributed by atoms with van der Waals surface area (Å²) in [7, 11) is 0. The lowest BCUT2D eigenvalue weighted by Crippen LogP contribution is -2.08. The molecule has 0 atom stereocenters. The number of aromatic carboxylic acids is 1. The normalized spacial score (nSPS) is 11.2. The van der Waals surface area contributed by atoms with Crippen molar-refractivity contribution < 1.29 is 27.8 Å². The van der Waals surface area contributed by atoms with Crippen LogP contribution >= 0.6 is 0 Å². The molecule has 1 N–H and O–H groups in total. The minimum atomic E-state index is -4.60. The van der Waals surface area contributed by atoms with E-state index in [0.717, 1.165) is 24.4 Å². The van der Waals surface area contributed by atoms with Crippen LogP contribution in [0.4, 0.5) is 13.2 Å². The monoisotopic (exact) mass is 283 g/mol.